The molecule has 1 unspecified atom stereocenters. The summed E-state index contributed by atoms with van der Waals surface area (Å²) < 4.78 is 7.50. The number of benzene rings is 3. The summed E-state index contributed by atoms with van der Waals surface area (Å²) in [6, 6.07) is 25.5. The van der Waals surface area contributed by atoms with Crippen molar-refractivity contribution < 1.29 is 9.53 Å². The van der Waals surface area contributed by atoms with Crippen LogP contribution in [-0.4, -0.2) is 10.5 Å². The maximum atomic E-state index is 14.2. The van der Waals surface area contributed by atoms with Gasteiger partial charge in [-0.05, 0) is 30.3 Å². The van der Waals surface area contributed by atoms with E-state index in [0.29, 0.717) is 27.7 Å². The zero-order valence-electron chi connectivity index (χ0n) is 17.2. The third kappa shape index (κ3) is 2.32. The Morgan fingerprint density at radius 1 is 0.939 bits per heavy atom. The van der Waals surface area contributed by atoms with E-state index in [4.69, 9.17) is 10.5 Å². The van der Waals surface area contributed by atoms with E-state index in [2.05, 4.69) is 11.4 Å². The molecule has 1 amide bonds. The molecule has 7 nitrogen and oxygen atoms in total. The zero-order valence-corrected chi connectivity index (χ0v) is 17.2. The molecule has 2 aliphatic heterocycles. The molecule has 2 aliphatic rings. The standard InChI is InChI=1S/C26H16N4O3/c27-14-19-23(28)33-22-17-11-5-7-13-20(17)30(15-8-2-1-3-9-15)25(32)21(22)26(19)18-12-6-4-10-16(18)24(31)29-26/h1-13H,28H2,(H,29,31). The number of hydrogen-bond donors (Lipinski definition) is 2. The van der Waals surface area contributed by atoms with E-state index in [9.17, 15) is 14.9 Å². The number of nitrogens with one attached hydrogen (secondary N) is 1. The Hall–Kier alpha value is -4.83. The van der Waals surface area contributed by atoms with Crippen molar-refractivity contribution in [2.24, 2.45) is 5.73 Å². The summed E-state index contributed by atoms with van der Waals surface area (Å²) in [5.41, 5.74) is 6.52. The van der Waals surface area contributed by atoms with Gasteiger partial charge < -0.3 is 15.8 Å². The van der Waals surface area contributed by atoms with Crippen molar-refractivity contribution in [3.8, 4) is 17.5 Å². The maximum absolute atomic E-state index is 14.2. The molecule has 6 rings (SSSR count). The number of para-hydroxylation sites is 2. The third-order valence-electron chi connectivity index (χ3n) is 6.24. The van der Waals surface area contributed by atoms with E-state index in [1.165, 1.54) is 0 Å². The molecule has 1 aromatic heterocycles. The van der Waals surface area contributed by atoms with E-state index >= 15 is 0 Å². The van der Waals surface area contributed by atoms with Crippen molar-refractivity contribution in [1.82, 2.24) is 9.88 Å². The Labute approximate surface area is 187 Å². The molecule has 0 saturated carbocycles. The number of ether oxygens (including phenoxy) is 1. The number of carbonyl (C=O) groups is 1. The first-order valence-corrected chi connectivity index (χ1v) is 10.3. The molecular weight excluding hydrogens is 416 g/mol. The lowest BCUT2D eigenvalue weighted by Crippen LogP contribution is -2.50. The van der Waals surface area contributed by atoms with Gasteiger partial charge in [0, 0.05) is 22.2 Å². The van der Waals surface area contributed by atoms with E-state index in [1.807, 2.05) is 54.6 Å². The lowest BCUT2D eigenvalue weighted by molar-refractivity contribution is 0.0946. The number of fused-ring (bicyclic) bond motifs is 6. The molecule has 33 heavy (non-hydrogen) atoms. The van der Waals surface area contributed by atoms with Crippen LogP contribution < -0.4 is 21.3 Å². The minimum Gasteiger partial charge on any atom is -0.439 e. The smallest absolute Gasteiger partial charge is 0.265 e. The SMILES string of the molecule is N#CC1=C(N)Oc2c(c(=O)n(-c3ccccc3)c3ccccc23)C12NC(=O)c1ccccc12. The van der Waals surface area contributed by atoms with Gasteiger partial charge in [0.05, 0.1) is 11.1 Å². The van der Waals surface area contributed by atoms with Crippen molar-refractivity contribution >= 4 is 16.8 Å². The quantitative estimate of drug-likeness (QED) is 0.480. The van der Waals surface area contributed by atoms with Crippen molar-refractivity contribution in [1.29, 1.82) is 5.26 Å². The van der Waals surface area contributed by atoms with Crippen LogP contribution in [0, 0.1) is 11.3 Å². The molecule has 0 aliphatic carbocycles. The highest BCUT2D eigenvalue weighted by molar-refractivity contribution is 6.03. The number of nitrogens with two attached hydrogens (primary N) is 1. The van der Waals surface area contributed by atoms with Gasteiger partial charge in [-0.1, -0.05) is 48.5 Å². The number of rotatable bonds is 1. The summed E-state index contributed by atoms with van der Waals surface area (Å²) >= 11 is 0. The fraction of sp³-hybridized carbons (Fsp3) is 0.0385. The van der Waals surface area contributed by atoms with Gasteiger partial charge in [-0.25, -0.2) is 0 Å². The molecule has 0 bridgehead atoms. The van der Waals surface area contributed by atoms with Crippen LogP contribution >= 0.6 is 0 Å². The second-order valence-electron chi connectivity index (χ2n) is 7.90. The predicted octanol–water partition coefficient (Wildman–Crippen LogP) is 3.06. The van der Waals surface area contributed by atoms with Gasteiger partial charge >= 0.3 is 0 Å². The second kappa shape index (κ2) is 6.58. The fourth-order valence-corrected chi connectivity index (χ4v) is 4.90. The highest BCUT2D eigenvalue weighted by Gasteiger charge is 2.55. The average Bonchev–Trinajstić information content (AvgIpc) is 3.12. The molecule has 0 fully saturated rings. The van der Waals surface area contributed by atoms with Gasteiger partial charge in [-0.15, -0.1) is 0 Å². The van der Waals surface area contributed by atoms with Gasteiger partial charge in [0.25, 0.3) is 11.5 Å². The van der Waals surface area contributed by atoms with Crippen LogP contribution in [0.2, 0.25) is 0 Å². The van der Waals surface area contributed by atoms with E-state index in [0.717, 1.165) is 0 Å². The Morgan fingerprint density at radius 3 is 2.42 bits per heavy atom. The molecule has 7 heteroatoms. The van der Waals surface area contributed by atoms with Crippen LogP contribution in [0.3, 0.4) is 0 Å². The number of nitriles is 1. The summed E-state index contributed by atoms with van der Waals surface area (Å²) in [4.78, 5) is 27.2. The number of amides is 1. The molecule has 4 aromatic rings. The van der Waals surface area contributed by atoms with Crippen molar-refractivity contribution in [3.05, 3.63) is 117 Å². The zero-order chi connectivity index (χ0) is 22.7. The Bertz CT molecular complexity index is 1630. The number of nitrogens with zero attached hydrogens (tertiary/aromatic N) is 2. The van der Waals surface area contributed by atoms with E-state index < -0.39 is 17.0 Å². The minimum atomic E-state index is -1.56. The largest absolute Gasteiger partial charge is 0.439 e. The number of pyridine rings is 1. The molecule has 3 N–H and O–H groups in total. The average molecular weight is 432 g/mol. The molecule has 0 radical (unpaired) electrons. The van der Waals surface area contributed by atoms with Crippen LogP contribution in [0.25, 0.3) is 16.6 Å². The molecule has 3 heterocycles. The van der Waals surface area contributed by atoms with Crippen LogP contribution in [0.15, 0.2) is 95.1 Å². The Balaban J connectivity index is 1.85. The van der Waals surface area contributed by atoms with Crippen molar-refractivity contribution in [2.45, 2.75) is 5.54 Å². The monoisotopic (exact) mass is 432 g/mol. The molecule has 0 saturated heterocycles. The Morgan fingerprint density at radius 2 is 1.64 bits per heavy atom. The number of hydrogen-bond acceptors (Lipinski definition) is 5. The first kappa shape index (κ1) is 18.9. The van der Waals surface area contributed by atoms with Crippen LogP contribution in [0.1, 0.15) is 21.5 Å². The van der Waals surface area contributed by atoms with Gasteiger partial charge in [-0.2, -0.15) is 5.26 Å². The second-order valence-corrected chi connectivity index (χ2v) is 7.90. The minimum absolute atomic E-state index is 0.0275. The van der Waals surface area contributed by atoms with Crippen LogP contribution in [0.4, 0.5) is 0 Å². The van der Waals surface area contributed by atoms with Crippen LogP contribution in [-0.2, 0) is 5.54 Å². The number of aromatic nitrogens is 1. The van der Waals surface area contributed by atoms with E-state index in [1.54, 1.807) is 28.8 Å². The van der Waals surface area contributed by atoms with Gasteiger partial charge in [0.2, 0.25) is 5.88 Å². The molecule has 1 spiro atoms. The van der Waals surface area contributed by atoms with Crippen molar-refractivity contribution in [2.75, 3.05) is 0 Å². The normalized spacial score (nSPS) is 18.5. The highest BCUT2D eigenvalue weighted by atomic mass is 16.5. The summed E-state index contributed by atoms with van der Waals surface area (Å²) in [6.07, 6.45) is 0. The number of carbonyl (C=O) groups excluding carboxylic acids is 1. The first-order chi connectivity index (χ1) is 16.1. The lowest BCUT2D eigenvalue weighted by atomic mass is 9.76. The maximum Gasteiger partial charge on any atom is 0.265 e. The first-order valence-electron chi connectivity index (χ1n) is 10.3. The summed E-state index contributed by atoms with van der Waals surface area (Å²) in [6.45, 7) is 0. The fourth-order valence-electron chi connectivity index (χ4n) is 4.90. The van der Waals surface area contributed by atoms with Crippen LogP contribution in [0.5, 0.6) is 5.75 Å². The molecule has 158 valence electrons. The topological polar surface area (TPSA) is 110 Å². The molecule has 1 atom stereocenters. The highest BCUT2D eigenvalue weighted by Crippen LogP contribution is 2.49. The third-order valence-corrected chi connectivity index (χ3v) is 6.24. The van der Waals surface area contributed by atoms with Gasteiger partial charge in [0.15, 0.2) is 5.75 Å². The predicted molar refractivity (Wildman–Crippen MR) is 122 cm³/mol. The summed E-state index contributed by atoms with van der Waals surface area (Å²) in [5.74, 6) is -0.307. The summed E-state index contributed by atoms with van der Waals surface area (Å²) in [5, 5.41) is 13.6. The molecule has 3 aromatic carbocycles. The van der Waals surface area contributed by atoms with Crippen molar-refractivity contribution in [3.63, 3.8) is 0 Å². The Kier molecular flexibility index (Phi) is 3.77. The van der Waals surface area contributed by atoms with Gasteiger partial charge in [0.1, 0.15) is 17.2 Å². The van der Waals surface area contributed by atoms with Gasteiger partial charge in [-0.3, -0.25) is 14.2 Å². The molecular formula is C26H16N4O3. The van der Waals surface area contributed by atoms with E-state index in [-0.39, 0.29) is 22.8 Å². The lowest BCUT2D eigenvalue weighted by Gasteiger charge is -2.36. The summed E-state index contributed by atoms with van der Waals surface area (Å²) in [7, 11) is 0.